The Hall–Kier alpha value is -1.42. The van der Waals surface area contributed by atoms with Crippen LogP contribution in [0.1, 0.15) is 35.2 Å². The summed E-state index contributed by atoms with van der Waals surface area (Å²) in [6.45, 7) is 2.56. The van der Waals surface area contributed by atoms with Gasteiger partial charge in [0.25, 0.3) is 5.91 Å². The number of hydrogen-bond acceptors (Lipinski definition) is 3. The average Bonchev–Trinajstić information content (AvgIpc) is 2.72. The number of nitrogens with zero attached hydrogens (tertiary/aromatic N) is 1. The fourth-order valence-corrected chi connectivity index (χ4v) is 2.25. The zero-order valence-electron chi connectivity index (χ0n) is 10.0. The van der Waals surface area contributed by atoms with E-state index in [4.69, 9.17) is 0 Å². The zero-order chi connectivity index (χ0) is 12.3. The molecule has 1 saturated carbocycles. The van der Waals surface area contributed by atoms with Crippen LogP contribution in [0.15, 0.2) is 18.5 Å². The van der Waals surface area contributed by atoms with E-state index in [2.05, 4.69) is 10.3 Å². The highest BCUT2D eigenvalue weighted by Crippen LogP contribution is 2.24. The number of nitrogens with one attached hydrogen (secondary N) is 1. The van der Waals surface area contributed by atoms with Crippen LogP contribution in [0.2, 0.25) is 0 Å². The molecule has 1 fully saturated rings. The molecular formula is C13H18N2O2. The van der Waals surface area contributed by atoms with Crippen molar-refractivity contribution in [2.75, 3.05) is 6.54 Å². The van der Waals surface area contributed by atoms with Crippen molar-refractivity contribution in [1.82, 2.24) is 10.3 Å². The van der Waals surface area contributed by atoms with Gasteiger partial charge < -0.3 is 10.4 Å². The summed E-state index contributed by atoms with van der Waals surface area (Å²) in [5.74, 6) is 0.328. The van der Waals surface area contributed by atoms with Crippen molar-refractivity contribution in [3.63, 3.8) is 0 Å². The van der Waals surface area contributed by atoms with E-state index in [0.717, 1.165) is 24.8 Å². The van der Waals surface area contributed by atoms with Crippen LogP contribution in [0.4, 0.5) is 0 Å². The van der Waals surface area contributed by atoms with Crippen LogP contribution >= 0.6 is 0 Å². The molecule has 92 valence electrons. The monoisotopic (exact) mass is 234 g/mol. The van der Waals surface area contributed by atoms with Crippen molar-refractivity contribution in [2.45, 2.75) is 32.3 Å². The predicted octanol–water partition coefficient (Wildman–Crippen LogP) is 1.28. The highest BCUT2D eigenvalue weighted by Gasteiger charge is 2.23. The fraction of sp³-hybridized carbons (Fsp3) is 0.538. The maximum Gasteiger partial charge on any atom is 0.252 e. The lowest BCUT2D eigenvalue weighted by atomic mass is 10.1. The summed E-state index contributed by atoms with van der Waals surface area (Å²) in [5.41, 5.74) is 1.58. The Morgan fingerprint density at radius 1 is 1.53 bits per heavy atom. The molecule has 4 nitrogen and oxygen atoms in total. The van der Waals surface area contributed by atoms with Gasteiger partial charge in [0.05, 0.1) is 11.7 Å². The van der Waals surface area contributed by atoms with Crippen LogP contribution in [0.25, 0.3) is 0 Å². The van der Waals surface area contributed by atoms with Crippen molar-refractivity contribution in [3.05, 3.63) is 29.6 Å². The molecule has 2 N–H and O–H groups in total. The van der Waals surface area contributed by atoms with Crippen molar-refractivity contribution in [3.8, 4) is 0 Å². The number of carbonyl (C=O) groups is 1. The molecule has 4 heteroatoms. The van der Waals surface area contributed by atoms with Gasteiger partial charge in [-0.2, -0.15) is 0 Å². The van der Waals surface area contributed by atoms with Gasteiger partial charge in [0.15, 0.2) is 0 Å². The lowest BCUT2D eigenvalue weighted by Crippen LogP contribution is -2.28. The molecule has 0 aromatic carbocycles. The summed E-state index contributed by atoms with van der Waals surface area (Å²) in [4.78, 5) is 15.8. The largest absolute Gasteiger partial charge is 0.393 e. The van der Waals surface area contributed by atoms with Gasteiger partial charge >= 0.3 is 0 Å². The fourth-order valence-electron chi connectivity index (χ4n) is 2.25. The van der Waals surface area contributed by atoms with Gasteiger partial charge in [0.1, 0.15) is 0 Å². The zero-order valence-corrected chi connectivity index (χ0v) is 10.0. The third kappa shape index (κ3) is 3.27. The quantitative estimate of drug-likeness (QED) is 0.828. The smallest absolute Gasteiger partial charge is 0.252 e. The first-order valence-corrected chi connectivity index (χ1v) is 6.03. The van der Waals surface area contributed by atoms with Crippen molar-refractivity contribution in [2.24, 2.45) is 5.92 Å². The van der Waals surface area contributed by atoms with Gasteiger partial charge in [0.2, 0.25) is 0 Å². The molecule has 1 amide bonds. The number of hydrogen-bond donors (Lipinski definition) is 2. The standard InChI is InChI=1S/C13H18N2O2/c1-9-4-11(8-14-6-9)13(17)15-7-10-2-3-12(16)5-10/h4,6,8,10,12,16H,2-3,5,7H2,1H3,(H,15,17). The maximum atomic E-state index is 11.8. The Bertz CT molecular complexity index is 406. The molecule has 2 rings (SSSR count). The third-order valence-corrected chi connectivity index (χ3v) is 3.20. The molecule has 1 aliphatic rings. The molecule has 1 heterocycles. The molecule has 0 saturated heterocycles. The Kier molecular flexibility index (Phi) is 3.74. The van der Waals surface area contributed by atoms with Gasteiger partial charge in [-0.1, -0.05) is 0 Å². The van der Waals surface area contributed by atoms with E-state index >= 15 is 0 Å². The second-order valence-electron chi connectivity index (χ2n) is 4.79. The number of aliphatic hydroxyl groups excluding tert-OH is 1. The number of aliphatic hydroxyl groups is 1. The first-order chi connectivity index (χ1) is 8.15. The Morgan fingerprint density at radius 3 is 3.00 bits per heavy atom. The SMILES string of the molecule is Cc1cncc(C(=O)NCC2CCC(O)C2)c1. The summed E-state index contributed by atoms with van der Waals surface area (Å²) in [7, 11) is 0. The number of aryl methyl sites for hydroxylation is 1. The summed E-state index contributed by atoms with van der Waals surface area (Å²) in [6.07, 6.45) is 5.76. The Labute approximate surface area is 101 Å². The van der Waals surface area contributed by atoms with Crippen LogP contribution in [-0.2, 0) is 0 Å². The molecule has 0 aliphatic heterocycles. The van der Waals surface area contributed by atoms with E-state index in [1.54, 1.807) is 12.4 Å². The summed E-state index contributed by atoms with van der Waals surface area (Å²) >= 11 is 0. The van der Waals surface area contributed by atoms with E-state index in [1.165, 1.54) is 0 Å². The summed E-state index contributed by atoms with van der Waals surface area (Å²) < 4.78 is 0. The molecule has 2 unspecified atom stereocenters. The second-order valence-corrected chi connectivity index (χ2v) is 4.79. The van der Waals surface area contributed by atoms with Gasteiger partial charge in [-0.15, -0.1) is 0 Å². The van der Waals surface area contributed by atoms with Crippen molar-refractivity contribution >= 4 is 5.91 Å². The highest BCUT2D eigenvalue weighted by atomic mass is 16.3. The minimum absolute atomic E-state index is 0.0809. The number of amides is 1. The predicted molar refractivity (Wildman–Crippen MR) is 64.7 cm³/mol. The molecule has 0 radical (unpaired) electrons. The molecule has 1 aromatic rings. The molecule has 1 aromatic heterocycles. The van der Waals surface area contributed by atoms with Gasteiger partial charge in [0, 0.05) is 18.9 Å². The number of pyridine rings is 1. The highest BCUT2D eigenvalue weighted by molar-refractivity contribution is 5.93. The van der Waals surface area contributed by atoms with Crippen molar-refractivity contribution < 1.29 is 9.90 Å². The van der Waals surface area contributed by atoms with Crippen LogP contribution in [0.5, 0.6) is 0 Å². The Balaban J connectivity index is 1.85. The molecule has 2 atom stereocenters. The maximum absolute atomic E-state index is 11.8. The third-order valence-electron chi connectivity index (χ3n) is 3.20. The summed E-state index contributed by atoms with van der Waals surface area (Å²) in [5, 5.41) is 12.3. The van der Waals surface area contributed by atoms with Crippen LogP contribution in [0, 0.1) is 12.8 Å². The normalized spacial score (nSPS) is 23.6. The van der Waals surface area contributed by atoms with E-state index in [1.807, 2.05) is 13.0 Å². The van der Waals surface area contributed by atoms with Crippen LogP contribution in [0.3, 0.4) is 0 Å². The molecule has 1 aliphatic carbocycles. The van der Waals surface area contributed by atoms with E-state index < -0.39 is 0 Å². The van der Waals surface area contributed by atoms with Crippen molar-refractivity contribution in [1.29, 1.82) is 0 Å². The second kappa shape index (κ2) is 5.27. The number of carbonyl (C=O) groups excluding carboxylic acids is 1. The van der Waals surface area contributed by atoms with E-state index in [9.17, 15) is 9.90 Å². The molecule has 0 spiro atoms. The Morgan fingerprint density at radius 2 is 2.35 bits per heavy atom. The first kappa shape index (κ1) is 12.0. The minimum Gasteiger partial charge on any atom is -0.393 e. The van der Waals surface area contributed by atoms with Crippen LogP contribution < -0.4 is 5.32 Å². The molecule has 17 heavy (non-hydrogen) atoms. The number of aromatic nitrogens is 1. The topological polar surface area (TPSA) is 62.2 Å². The summed E-state index contributed by atoms with van der Waals surface area (Å²) in [6, 6.07) is 1.83. The van der Waals surface area contributed by atoms with Crippen LogP contribution in [-0.4, -0.2) is 28.6 Å². The minimum atomic E-state index is -0.183. The lowest BCUT2D eigenvalue weighted by molar-refractivity contribution is 0.0944. The van der Waals surface area contributed by atoms with Gasteiger partial charge in [-0.3, -0.25) is 9.78 Å². The molecular weight excluding hydrogens is 216 g/mol. The number of rotatable bonds is 3. The van der Waals surface area contributed by atoms with E-state index in [-0.39, 0.29) is 12.0 Å². The lowest BCUT2D eigenvalue weighted by Gasteiger charge is -2.10. The average molecular weight is 234 g/mol. The molecule has 0 bridgehead atoms. The van der Waals surface area contributed by atoms with E-state index in [0.29, 0.717) is 18.0 Å². The van der Waals surface area contributed by atoms with Gasteiger partial charge in [-0.25, -0.2) is 0 Å². The van der Waals surface area contributed by atoms with Gasteiger partial charge in [-0.05, 0) is 43.7 Å². The first-order valence-electron chi connectivity index (χ1n) is 6.03.